The van der Waals surface area contributed by atoms with E-state index in [2.05, 4.69) is 5.32 Å². The maximum absolute atomic E-state index is 12.3. The van der Waals surface area contributed by atoms with Gasteiger partial charge in [-0.1, -0.05) is 24.3 Å². The maximum Gasteiger partial charge on any atom is 0.321 e. The van der Waals surface area contributed by atoms with Crippen molar-refractivity contribution < 1.29 is 14.3 Å². The van der Waals surface area contributed by atoms with Crippen LogP contribution in [0, 0.1) is 0 Å². The number of anilines is 1. The van der Waals surface area contributed by atoms with Crippen molar-refractivity contribution >= 4 is 11.7 Å². The second kappa shape index (κ2) is 9.42. The molecule has 0 bridgehead atoms. The number of carbonyl (C=O) groups excluding carboxylic acids is 1. The fourth-order valence-corrected chi connectivity index (χ4v) is 3.30. The third kappa shape index (κ3) is 5.47. The van der Waals surface area contributed by atoms with Crippen molar-refractivity contribution in [2.24, 2.45) is 0 Å². The minimum absolute atomic E-state index is 0.0866. The first kappa shape index (κ1) is 19.2. The smallest absolute Gasteiger partial charge is 0.321 e. The molecule has 1 heterocycles. The van der Waals surface area contributed by atoms with Crippen molar-refractivity contribution in [1.29, 1.82) is 0 Å². The van der Waals surface area contributed by atoms with E-state index in [1.54, 1.807) is 12.0 Å². The van der Waals surface area contributed by atoms with Gasteiger partial charge in [0.15, 0.2) is 0 Å². The summed E-state index contributed by atoms with van der Waals surface area (Å²) in [6.45, 7) is 1.61. The molecule has 1 unspecified atom stereocenters. The van der Waals surface area contributed by atoms with Gasteiger partial charge in [-0.05, 0) is 61.1 Å². The van der Waals surface area contributed by atoms with E-state index in [1.165, 1.54) is 0 Å². The van der Waals surface area contributed by atoms with E-state index in [-0.39, 0.29) is 6.03 Å². The molecule has 1 fully saturated rings. The highest BCUT2D eigenvalue weighted by Gasteiger charge is 2.16. The van der Waals surface area contributed by atoms with E-state index >= 15 is 0 Å². The summed E-state index contributed by atoms with van der Waals surface area (Å²) in [5.41, 5.74) is 2.95. The van der Waals surface area contributed by atoms with Gasteiger partial charge in [-0.3, -0.25) is 0 Å². The molecule has 1 saturated heterocycles. The van der Waals surface area contributed by atoms with Crippen LogP contribution in [0.4, 0.5) is 10.5 Å². The molecule has 1 aliphatic heterocycles. The molecule has 0 aliphatic carbocycles. The Morgan fingerprint density at radius 3 is 2.74 bits per heavy atom. The number of nitrogens with one attached hydrogen (secondary N) is 1. The van der Waals surface area contributed by atoms with Crippen LogP contribution in [0.3, 0.4) is 0 Å². The summed E-state index contributed by atoms with van der Waals surface area (Å²) in [7, 11) is 3.49. The van der Waals surface area contributed by atoms with Gasteiger partial charge in [-0.15, -0.1) is 0 Å². The molecule has 2 aromatic carbocycles. The Kier molecular flexibility index (Phi) is 6.71. The van der Waals surface area contributed by atoms with E-state index in [0.29, 0.717) is 6.10 Å². The number of amides is 2. The van der Waals surface area contributed by atoms with E-state index in [4.69, 9.17) is 9.47 Å². The zero-order chi connectivity index (χ0) is 19.1. The van der Waals surface area contributed by atoms with Gasteiger partial charge in [0.1, 0.15) is 5.75 Å². The lowest BCUT2D eigenvalue weighted by Crippen LogP contribution is -2.32. The topological polar surface area (TPSA) is 50.8 Å². The molecule has 0 radical (unpaired) electrons. The predicted octanol–water partition coefficient (Wildman–Crippen LogP) is 4.79. The Morgan fingerprint density at radius 2 is 2.04 bits per heavy atom. The van der Waals surface area contributed by atoms with Crippen LogP contribution in [-0.2, 0) is 4.74 Å². The maximum atomic E-state index is 12.3. The standard InChI is InChI=1S/C22H28N2O3/c1-24(14-4-8-20-9-5-15-27-20)22(25)23-19-12-10-17(11-13-19)18-6-3-7-21(16-18)26-2/h3,6-7,10-13,16,20H,4-5,8-9,14-15H2,1-2H3,(H,23,25). The summed E-state index contributed by atoms with van der Waals surface area (Å²) in [5.74, 6) is 0.828. The molecule has 0 spiro atoms. The Balaban J connectivity index is 1.50. The summed E-state index contributed by atoms with van der Waals surface area (Å²) >= 11 is 0. The molecule has 0 saturated carbocycles. The number of ether oxygens (including phenoxy) is 2. The van der Waals surface area contributed by atoms with Crippen LogP contribution in [0.1, 0.15) is 25.7 Å². The highest BCUT2D eigenvalue weighted by atomic mass is 16.5. The molecule has 5 heteroatoms. The molecule has 3 rings (SSSR count). The van der Waals surface area contributed by atoms with Gasteiger partial charge in [0.2, 0.25) is 0 Å². The van der Waals surface area contributed by atoms with Crippen molar-refractivity contribution in [2.45, 2.75) is 31.8 Å². The molecular weight excluding hydrogens is 340 g/mol. The number of rotatable bonds is 7. The Hall–Kier alpha value is -2.53. The van der Waals surface area contributed by atoms with Gasteiger partial charge in [0.05, 0.1) is 13.2 Å². The van der Waals surface area contributed by atoms with Gasteiger partial charge in [-0.25, -0.2) is 4.79 Å². The molecule has 1 N–H and O–H groups in total. The minimum atomic E-state index is -0.0866. The van der Waals surface area contributed by atoms with E-state index in [1.807, 2.05) is 55.6 Å². The molecule has 144 valence electrons. The predicted molar refractivity (Wildman–Crippen MR) is 108 cm³/mol. The number of hydrogen-bond acceptors (Lipinski definition) is 3. The molecule has 2 amide bonds. The van der Waals surface area contributed by atoms with E-state index in [0.717, 1.165) is 61.4 Å². The lowest BCUT2D eigenvalue weighted by Gasteiger charge is -2.19. The average molecular weight is 368 g/mol. The minimum Gasteiger partial charge on any atom is -0.497 e. The second-order valence-electron chi connectivity index (χ2n) is 6.94. The highest BCUT2D eigenvalue weighted by molar-refractivity contribution is 5.89. The lowest BCUT2D eigenvalue weighted by atomic mass is 10.1. The molecule has 1 atom stereocenters. The van der Waals surface area contributed by atoms with Gasteiger partial charge >= 0.3 is 6.03 Å². The zero-order valence-electron chi connectivity index (χ0n) is 16.1. The van der Waals surface area contributed by atoms with E-state index < -0.39 is 0 Å². The summed E-state index contributed by atoms with van der Waals surface area (Å²) in [4.78, 5) is 14.1. The van der Waals surface area contributed by atoms with Crippen LogP contribution in [0.2, 0.25) is 0 Å². The number of methoxy groups -OCH3 is 1. The highest BCUT2D eigenvalue weighted by Crippen LogP contribution is 2.25. The molecule has 5 nitrogen and oxygen atoms in total. The number of hydrogen-bond donors (Lipinski definition) is 1. The third-order valence-corrected chi connectivity index (χ3v) is 4.93. The lowest BCUT2D eigenvalue weighted by molar-refractivity contribution is 0.101. The zero-order valence-corrected chi connectivity index (χ0v) is 16.1. The first-order valence-corrected chi connectivity index (χ1v) is 9.54. The van der Waals surface area contributed by atoms with Crippen molar-refractivity contribution in [3.8, 4) is 16.9 Å². The van der Waals surface area contributed by atoms with Crippen molar-refractivity contribution in [3.05, 3.63) is 48.5 Å². The Labute approximate surface area is 161 Å². The molecule has 0 aromatic heterocycles. The SMILES string of the molecule is COc1cccc(-c2ccc(NC(=O)N(C)CCCC3CCCO3)cc2)c1. The molecular formula is C22H28N2O3. The molecule has 1 aliphatic rings. The largest absolute Gasteiger partial charge is 0.497 e. The molecule has 2 aromatic rings. The normalized spacial score (nSPS) is 16.1. The summed E-state index contributed by atoms with van der Waals surface area (Å²) in [5, 5.41) is 2.95. The van der Waals surface area contributed by atoms with Crippen LogP contribution in [0.25, 0.3) is 11.1 Å². The van der Waals surface area contributed by atoms with Gasteiger partial charge < -0.3 is 19.7 Å². The third-order valence-electron chi connectivity index (χ3n) is 4.93. The van der Waals surface area contributed by atoms with Gasteiger partial charge in [-0.2, -0.15) is 0 Å². The number of carbonyl (C=O) groups is 1. The summed E-state index contributed by atoms with van der Waals surface area (Å²) < 4.78 is 10.9. The van der Waals surface area contributed by atoms with Crippen molar-refractivity contribution in [2.75, 3.05) is 32.6 Å². The van der Waals surface area contributed by atoms with Gasteiger partial charge in [0, 0.05) is 25.9 Å². The fourth-order valence-electron chi connectivity index (χ4n) is 3.30. The Bertz CT molecular complexity index is 739. The van der Waals surface area contributed by atoms with Crippen LogP contribution in [0.15, 0.2) is 48.5 Å². The van der Waals surface area contributed by atoms with Crippen LogP contribution in [0.5, 0.6) is 5.75 Å². The van der Waals surface area contributed by atoms with Crippen LogP contribution < -0.4 is 10.1 Å². The summed E-state index contributed by atoms with van der Waals surface area (Å²) in [6, 6.07) is 15.7. The van der Waals surface area contributed by atoms with Gasteiger partial charge in [0.25, 0.3) is 0 Å². The van der Waals surface area contributed by atoms with Crippen molar-refractivity contribution in [3.63, 3.8) is 0 Å². The Morgan fingerprint density at radius 1 is 1.22 bits per heavy atom. The fraction of sp³-hybridized carbons (Fsp3) is 0.409. The van der Waals surface area contributed by atoms with E-state index in [9.17, 15) is 4.79 Å². The molecule has 27 heavy (non-hydrogen) atoms. The summed E-state index contributed by atoms with van der Waals surface area (Å²) in [6.07, 6.45) is 4.67. The average Bonchev–Trinajstić information content (AvgIpc) is 3.22. The quantitative estimate of drug-likeness (QED) is 0.765. The first-order chi connectivity index (χ1) is 13.2. The van der Waals surface area contributed by atoms with Crippen LogP contribution in [-0.4, -0.2) is 44.3 Å². The van der Waals surface area contributed by atoms with Crippen molar-refractivity contribution in [1.82, 2.24) is 4.90 Å². The number of benzene rings is 2. The van der Waals surface area contributed by atoms with Crippen LogP contribution >= 0.6 is 0 Å². The first-order valence-electron chi connectivity index (χ1n) is 9.54. The number of urea groups is 1. The second-order valence-corrected chi connectivity index (χ2v) is 6.94. The number of nitrogens with zero attached hydrogens (tertiary/aromatic N) is 1. The monoisotopic (exact) mass is 368 g/mol.